The van der Waals surface area contributed by atoms with Crippen LogP contribution in [-0.4, -0.2) is 96.7 Å². The predicted molar refractivity (Wildman–Crippen MR) is 86.9 cm³/mol. The first kappa shape index (κ1) is 17.0. The number of amides is 1. The number of carbonyl (C=O) groups excluding carboxylic acids is 1. The first-order valence-electron chi connectivity index (χ1n) is 8.29. The minimum Gasteiger partial charge on any atom is -0.391 e. The Labute approximate surface area is 133 Å². The number of β-amino-alcohol motifs (C(OH)–C–C–N with tert-alkyl or cyclic N) is 1. The second kappa shape index (κ2) is 8.33. The van der Waals surface area contributed by atoms with Crippen molar-refractivity contribution in [1.29, 1.82) is 0 Å². The van der Waals surface area contributed by atoms with E-state index in [9.17, 15) is 9.90 Å². The van der Waals surface area contributed by atoms with Crippen molar-refractivity contribution in [3.05, 3.63) is 0 Å². The average molecular weight is 311 g/mol. The summed E-state index contributed by atoms with van der Waals surface area (Å²) in [4.78, 5) is 22.4. The molecule has 0 aliphatic carbocycles. The quantitative estimate of drug-likeness (QED) is 0.524. The van der Waals surface area contributed by atoms with Gasteiger partial charge in [-0.2, -0.15) is 0 Å². The molecular weight excluding hydrogens is 282 g/mol. The number of nitrogens with one attached hydrogen (secondary N) is 1. The van der Waals surface area contributed by atoms with Gasteiger partial charge < -0.3 is 20.2 Å². The maximum Gasteiger partial charge on any atom is 0.219 e. The van der Waals surface area contributed by atoms with Crippen LogP contribution in [0, 0.1) is 0 Å². The summed E-state index contributed by atoms with van der Waals surface area (Å²) >= 11 is 0. The molecule has 22 heavy (non-hydrogen) atoms. The van der Waals surface area contributed by atoms with Crippen molar-refractivity contribution in [3.63, 3.8) is 0 Å². The lowest BCUT2D eigenvalue weighted by Crippen LogP contribution is -2.48. The van der Waals surface area contributed by atoms with Gasteiger partial charge in [0, 0.05) is 59.3 Å². The van der Waals surface area contributed by atoms with Crippen LogP contribution in [0.3, 0.4) is 0 Å². The third-order valence-corrected chi connectivity index (χ3v) is 4.29. The van der Waals surface area contributed by atoms with E-state index in [-0.39, 0.29) is 12.0 Å². The Balaban J connectivity index is 1.76. The van der Waals surface area contributed by atoms with E-state index in [4.69, 9.17) is 0 Å². The van der Waals surface area contributed by atoms with Crippen LogP contribution in [0.2, 0.25) is 0 Å². The summed E-state index contributed by atoms with van der Waals surface area (Å²) < 4.78 is 0. The Morgan fingerprint density at radius 3 is 2.50 bits per heavy atom. The molecule has 0 aromatic rings. The summed E-state index contributed by atoms with van der Waals surface area (Å²) in [6.07, 6.45) is 0.584. The van der Waals surface area contributed by atoms with Crippen molar-refractivity contribution in [2.24, 2.45) is 4.99 Å². The molecule has 0 saturated carbocycles. The van der Waals surface area contributed by atoms with Crippen molar-refractivity contribution >= 4 is 11.9 Å². The molecule has 0 radical (unpaired) electrons. The van der Waals surface area contributed by atoms with Crippen LogP contribution in [0.4, 0.5) is 0 Å². The van der Waals surface area contributed by atoms with E-state index in [0.717, 1.165) is 64.7 Å². The molecule has 0 spiro atoms. The fourth-order valence-corrected chi connectivity index (χ4v) is 2.94. The molecule has 7 heteroatoms. The van der Waals surface area contributed by atoms with Crippen molar-refractivity contribution < 1.29 is 9.90 Å². The minimum atomic E-state index is -0.233. The van der Waals surface area contributed by atoms with E-state index in [1.807, 2.05) is 4.90 Å². The number of hydrogen-bond acceptors (Lipinski definition) is 4. The van der Waals surface area contributed by atoms with Gasteiger partial charge in [0.15, 0.2) is 5.96 Å². The summed E-state index contributed by atoms with van der Waals surface area (Å²) in [6, 6.07) is 0. The molecule has 2 aliphatic heterocycles. The number of likely N-dealkylation sites (tertiary alicyclic amines) is 1. The number of hydrogen-bond donors (Lipinski definition) is 2. The highest BCUT2D eigenvalue weighted by Crippen LogP contribution is 2.09. The van der Waals surface area contributed by atoms with Gasteiger partial charge in [0.1, 0.15) is 0 Å². The molecule has 0 bridgehead atoms. The Hall–Kier alpha value is -1.34. The van der Waals surface area contributed by atoms with Crippen molar-refractivity contribution in [2.75, 3.05) is 58.9 Å². The standard InChI is InChI=1S/C15H29N5O2/c1-3-16-15(20-6-4-14(22)12-20)17-5-7-18-8-10-19(11-9-18)13(2)21/h14,22H,3-12H2,1-2H3,(H,16,17)/t14-/m1/s1. The molecule has 1 atom stereocenters. The molecule has 2 saturated heterocycles. The molecule has 0 aromatic heterocycles. The number of carbonyl (C=O) groups is 1. The smallest absolute Gasteiger partial charge is 0.219 e. The number of aliphatic hydroxyl groups is 1. The summed E-state index contributed by atoms with van der Waals surface area (Å²) in [5.74, 6) is 1.07. The van der Waals surface area contributed by atoms with Crippen molar-refractivity contribution in [3.8, 4) is 0 Å². The number of rotatable bonds is 4. The third kappa shape index (κ3) is 4.84. The number of guanidine groups is 1. The van der Waals surface area contributed by atoms with Crippen molar-refractivity contribution in [2.45, 2.75) is 26.4 Å². The van der Waals surface area contributed by atoms with Gasteiger partial charge in [-0.1, -0.05) is 0 Å². The normalized spacial score (nSPS) is 24.0. The van der Waals surface area contributed by atoms with Crippen LogP contribution in [0.1, 0.15) is 20.3 Å². The molecule has 2 heterocycles. The van der Waals surface area contributed by atoms with Crippen LogP contribution >= 0.6 is 0 Å². The van der Waals surface area contributed by atoms with Gasteiger partial charge in [-0.05, 0) is 13.3 Å². The molecule has 2 aliphatic rings. The minimum absolute atomic E-state index is 0.166. The summed E-state index contributed by atoms with van der Waals surface area (Å²) in [6.45, 7) is 11.2. The maximum atomic E-state index is 11.3. The predicted octanol–water partition coefficient (Wildman–Crippen LogP) is -0.817. The van der Waals surface area contributed by atoms with Gasteiger partial charge in [0.2, 0.25) is 5.91 Å². The zero-order valence-electron chi connectivity index (χ0n) is 13.8. The SMILES string of the molecule is CCNC(=NCCN1CCN(C(C)=O)CC1)N1CC[C@@H](O)C1. The zero-order chi connectivity index (χ0) is 15.9. The van der Waals surface area contributed by atoms with E-state index in [2.05, 4.69) is 27.0 Å². The molecular formula is C15H29N5O2. The monoisotopic (exact) mass is 311 g/mol. The topological polar surface area (TPSA) is 71.4 Å². The van der Waals surface area contributed by atoms with Gasteiger partial charge in [-0.3, -0.25) is 14.7 Å². The molecule has 2 fully saturated rings. The van der Waals surface area contributed by atoms with E-state index in [1.54, 1.807) is 6.92 Å². The molecule has 1 amide bonds. The average Bonchev–Trinajstić information content (AvgIpc) is 2.93. The van der Waals surface area contributed by atoms with Crippen LogP contribution in [-0.2, 0) is 4.79 Å². The Morgan fingerprint density at radius 1 is 1.23 bits per heavy atom. The highest BCUT2D eigenvalue weighted by Gasteiger charge is 2.23. The summed E-state index contributed by atoms with van der Waals surface area (Å²) in [5, 5.41) is 12.9. The van der Waals surface area contributed by atoms with Crippen LogP contribution < -0.4 is 5.32 Å². The molecule has 0 unspecified atom stereocenters. The Morgan fingerprint density at radius 2 is 1.95 bits per heavy atom. The Bertz CT molecular complexity index is 393. The summed E-state index contributed by atoms with van der Waals surface area (Å²) in [5.41, 5.74) is 0. The maximum absolute atomic E-state index is 11.3. The highest BCUT2D eigenvalue weighted by atomic mass is 16.3. The van der Waals surface area contributed by atoms with E-state index < -0.39 is 0 Å². The lowest BCUT2D eigenvalue weighted by atomic mass is 10.3. The number of aliphatic hydroxyl groups excluding tert-OH is 1. The van der Waals surface area contributed by atoms with Gasteiger partial charge in [0.25, 0.3) is 0 Å². The van der Waals surface area contributed by atoms with Gasteiger partial charge in [-0.15, -0.1) is 0 Å². The first-order valence-corrected chi connectivity index (χ1v) is 8.29. The Kier molecular flexibility index (Phi) is 6.45. The van der Waals surface area contributed by atoms with E-state index >= 15 is 0 Å². The molecule has 2 N–H and O–H groups in total. The van der Waals surface area contributed by atoms with Crippen LogP contribution in [0.15, 0.2) is 4.99 Å². The van der Waals surface area contributed by atoms with Crippen LogP contribution in [0.5, 0.6) is 0 Å². The third-order valence-electron chi connectivity index (χ3n) is 4.29. The first-order chi connectivity index (χ1) is 10.6. The lowest BCUT2D eigenvalue weighted by molar-refractivity contribution is -0.130. The van der Waals surface area contributed by atoms with E-state index in [0.29, 0.717) is 6.54 Å². The molecule has 0 aromatic carbocycles. The van der Waals surface area contributed by atoms with Crippen molar-refractivity contribution in [1.82, 2.24) is 20.0 Å². The number of piperazine rings is 1. The lowest BCUT2D eigenvalue weighted by Gasteiger charge is -2.33. The zero-order valence-corrected chi connectivity index (χ0v) is 13.8. The van der Waals surface area contributed by atoms with Gasteiger partial charge >= 0.3 is 0 Å². The van der Waals surface area contributed by atoms with Crippen LogP contribution in [0.25, 0.3) is 0 Å². The highest BCUT2D eigenvalue weighted by molar-refractivity contribution is 5.80. The van der Waals surface area contributed by atoms with Gasteiger partial charge in [0.05, 0.1) is 12.6 Å². The fourth-order valence-electron chi connectivity index (χ4n) is 2.94. The second-order valence-corrected chi connectivity index (χ2v) is 5.97. The fraction of sp³-hybridized carbons (Fsp3) is 0.867. The van der Waals surface area contributed by atoms with Gasteiger partial charge in [-0.25, -0.2) is 0 Å². The molecule has 2 rings (SSSR count). The summed E-state index contributed by atoms with van der Waals surface area (Å²) in [7, 11) is 0. The van der Waals surface area contributed by atoms with E-state index in [1.165, 1.54) is 0 Å². The largest absolute Gasteiger partial charge is 0.391 e. The number of nitrogens with zero attached hydrogens (tertiary/aromatic N) is 4. The molecule has 126 valence electrons. The molecule has 7 nitrogen and oxygen atoms in total. The number of aliphatic imine (C=N–C) groups is 1. The second-order valence-electron chi connectivity index (χ2n) is 5.97.